The molecule has 1 rings (SSSR count). The molecule has 0 aliphatic rings. The van der Waals surface area contributed by atoms with E-state index in [0.29, 0.717) is 19.7 Å². The summed E-state index contributed by atoms with van der Waals surface area (Å²) in [4.78, 5) is 13.0. The highest BCUT2D eigenvalue weighted by molar-refractivity contribution is 5.87. The fourth-order valence-electron chi connectivity index (χ4n) is 3.09. The molecule has 0 unspecified atom stereocenters. The van der Waals surface area contributed by atoms with Gasteiger partial charge in [-0.05, 0) is 54.2 Å². The quantitative estimate of drug-likeness (QED) is 0.307. The summed E-state index contributed by atoms with van der Waals surface area (Å²) in [6, 6.07) is 8.32. The third kappa shape index (κ3) is 8.53. The summed E-state index contributed by atoms with van der Waals surface area (Å²) in [5.74, 6) is 0.853. The molecule has 0 saturated heterocycles. The van der Waals surface area contributed by atoms with E-state index in [1.54, 1.807) is 25.1 Å². The van der Waals surface area contributed by atoms with Gasteiger partial charge in [-0.25, -0.2) is 0 Å². The van der Waals surface area contributed by atoms with Gasteiger partial charge in [-0.15, -0.1) is 0 Å². The minimum Gasteiger partial charge on any atom is -0.492 e. The van der Waals surface area contributed by atoms with Crippen molar-refractivity contribution in [2.75, 3.05) is 33.8 Å². The lowest BCUT2D eigenvalue weighted by atomic mass is 9.91. The molecule has 0 atom stereocenters. The smallest absolute Gasteiger partial charge is 0.245 e. The van der Waals surface area contributed by atoms with Crippen LogP contribution in [0.3, 0.4) is 0 Å². The van der Waals surface area contributed by atoms with Crippen LogP contribution < -0.4 is 10.1 Å². The molecule has 1 aromatic rings. The van der Waals surface area contributed by atoms with Crippen LogP contribution in [0.4, 0.5) is 0 Å². The number of hydrogen-bond acceptors (Lipinski definition) is 3. The van der Waals surface area contributed by atoms with Crippen LogP contribution in [-0.4, -0.2) is 44.6 Å². The third-order valence-electron chi connectivity index (χ3n) is 4.63. The van der Waals surface area contributed by atoms with Crippen molar-refractivity contribution >= 4 is 11.5 Å². The molecule has 0 spiro atoms. The first-order valence-corrected chi connectivity index (χ1v) is 10.3. The Labute approximate surface area is 176 Å². The lowest BCUT2D eigenvalue weighted by Crippen LogP contribution is -2.22. The molecule has 0 aromatic heterocycles. The average Bonchev–Trinajstić information content (AvgIpc) is 2.71. The van der Waals surface area contributed by atoms with E-state index in [9.17, 15) is 4.79 Å². The van der Waals surface area contributed by atoms with Crippen LogP contribution in [0.15, 0.2) is 66.3 Å². The molecule has 1 amide bonds. The van der Waals surface area contributed by atoms with E-state index >= 15 is 0 Å². The fraction of sp³-hybridized carbons (Fsp3) is 0.400. The summed E-state index contributed by atoms with van der Waals surface area (Å²) in [6.07, 6.45) is 9.30. The normalized spacial score (nSPS) is 12.7. The zero-order valence-corrected chi connectivity index (χ0v) is 18.6. The van der Waals surface area contributed by atoms with E-state index in [1.807, 2.05) is 24.3 Å². The number of carbonyl (C=O) groups is 1. The van der Waals surface area contributed by atoms with Gasteiger partial charge >= 0.3 is 0 Å². The van der Waals surface area contributed by atoms with Crippen molar-refractivity contribution < 1.29 is 9.53 Å². The molecule has 1 N–H and O–H groups in total. The van der Waals surface area contributed by atoms with Gasteiger partial charge in [-0.2, -0.15) is 0 Å². The number of hydrogen-bond donors (Lipinski definition) is 1. The van der Waals surface area contributed by atoms with E-state index in [-0.39, 0.29) is 5.91 Å². The predicted octanol–water partition coefficient (Wildman–Crippen LogP) is 5.01. The Morgan fingerprint density at radius 3 is 2.41 bits per heavy atom. The summed E-state index contributed by atoms with van der Waals surface area (Å²) in [5, 5.41) is 3.23. The molecule has 0 bridgehead atoms. The van der Waals surface area contributed by atoms with E-state index in [4.69, 9.17) is 4.74 Å². The van der Waals surface area contributed by atoms with Gasteiger partial charge in [0.15, 0.2) is 0 Å². The zero-order chi connectivity index (χ0) is 21.6. The van der Waals surface area contributed by atoms with E-state index < -0.39 is 0 Å². The minimum atomic E-state index is -0.00922. The zero-order valence-electron chi connectivity index (χ0n) is 18.6. The van der Waals surface area contributed by atoms with Gasteiger partial charge in [0.2, 0.25) is 5.91 Å². The summed E-state index contributed by atoms with van der Waals surface area (Å²) in [5.41, 5.74) is 5.26. The van der Waals surface area contributed by atoms with E-state index in [0.717, 1.165) is 18.6 Å². The van der Waals surface area contributed by atoms with Gasteiger partial charge in [0.1, 0.15) is 12.4 Å². The molecule has 1 aromatic carbocycles. The first-order valence-electron chi connectivity index (χ1n) is 10.3. The predicted molar refractivity (Wildman–Crippen MR) is 124 cm³/mol. The van der Waals surface area contributed by atoms with Crippen molar-refractivity contribution in [2.45, 2.75) is 33.6 Å². The van der Waals surface area contributed by atoms with Crippen LogP contribution in [0, 0.1) is 0 Å². The summed E-state index contributed by atoms with van der Waals surface area (Å²) < 4.78 is 5.81. The number of nitrogens with zero attached hydrogens (tertiary/aromatic N) is 1. The maximum absolute atomic E-state index is 11.4. The molecular formula is C25H36N2O2. The van der Waals surface area contributed by atoms with Crippen molar-refractivity contribution in [1.29, 1.82) is 0 Å². The summed E-state index contributed by atoms with van der Waals surface area (Å²) in [6.45, 7) is 12.3. The Morgan fingerprint density at radius 2 is 1.86 bits per heavy atom. The summed E-state index contributed by atoms with van der Waals surface area (Å²) in [7, 11) is 3.47. The molecule has 29 heavy (non-hydrogen) atoms. The van der Waals surface area contributed by atoms with Crippen LogP contribution in [0.5, 0.6) is 5.75 Å². The number of carbonyl (C=O) groups excluding carboxylic acids is 1. The number of amides is 1. The molecule has 4 heteroatoms. The molecule has 158 valence electrons. The topological polar surface area (TPSA) is 41.6 Å². The second-order valence-electron chi connectivity index (χ2n) is 6.96. The number of ether oxygens (including phenoxy) is 1. The molecule has 0 heterocycles. The van der Waals surface area contributed by atoms with Gasteiger partial charge in [-0.1, -0.05) is 50.8 Å². The maximum Gasteiger partial charge on any atom is 0.245 e. The van der Waals surface area contributed by atoms with Crippen molar-refractivity contribution in [3.8, 4) is 5.75 Å². The van der Waals surface area contributed by atoms with Crippen LogP contribution >= 0.6 is 0 Å². The van der Waals surface area contributed by atoms with Crippen LogP contribution in [0.2, 0.25) is 0 Å². The standard InChI is InChI=1S/C25H36N2O2/c1-7-11-20(4)23(8-2)24(9-3)21-13-15-22(16-14-21)29-19-18-26-17-10-12-25(28)27(5)6/h7,10-16,26H,1,8-9,17-19H2,2-6H3/b12-10+,20-11+,24-23-. The molecule has 0 saturated carbocycles. The van der Waals surface area contributed by atoms with E-state index in [2.05, 4.69) is 50.9 Å². The van der Waals surface area contributed by atoms with Gasteiger partial charge in [0.25, 0.3) is 0 Å². The van der Waals surface area contributed by atoms with E-state index in [1.165, 1.54) is 22.3 Å². The molecular weight excluding hydrogens is 360 g/mol. The number of nitrogens with one attached hydrogen (secondary N) is 1. The van der Waals surface area contributed by atoms with Gasteiger partial charge in [-0.3, -0.25) is 4.79 Å². The summed E-state index contributed by atoms with van der Waals surface area (Å²) >= 11 is 0. The average molecular weight is 397 g/mol. The number of allylic oxidation sites excluding steroid dienone is 5. The number of likely N-dealkylation sites (N-methyl/N-ethyl adjacent to an activating group) is 1. The van der Waals surface area contributed by atoms with Gasteiger partial charge in [0, 0.05) is 33.3 Å². The fourth-order valence-corrected chi connectivity index (χ4v) is 3.09. The molecule has 0 aliphatic carbocycles. The molecule has 0 fully saturated rings. The first kappa shape index (κ1) is 24.4. The molecule has 0 aliphatic heterocycles. The van der Waals surface area contributed by atoms with Crippen molar-refractivity contribution in [1.82, 2.24) is 10.2 Å². The second-order valence-corrected chi connectivity index (χ2v) is 6.96. The highest BCUT2D eigenvalue weighted by Gasteiger charge is 2.08. The maximum atomic E-state index is 11.4. The Kier molecular flexibility index (Phi) is 11.4. The first-order chi connectivity index (χ1) is 13.9. The Hall–Kier alpha value is -2.59. The Morgan fingerprint density at radius 1 is 1.17 bits per heavy atom. The molecule has 4 nitrogen and oxygen atoms in total. The van der Waals surface area contributed by atoms with Gasteiger partial charge < -0.3 is 15.0 Å². The Bertz CT molecular complexity index is 741. The largest absolute Gasteiger partial charge is 0.492 e. The van der Waals surface area contributed by atoms with Crippen LogP contribution in [0.25, 0.3) is 5.57 Å². The molecule has 0 radical (unpaired) electrons. The number of rotatable bonds is 12. The highest BCUT2D eigenvalue weighted by Crippen LogP contribution is 2.30. The Balaban J connectivity index is 2.60. The SMILES string of the molecule is C=C/C=C(C)/C(CC)=C(/CC)c1ccc(OCCNC/C=C/C(=O)N(C)C)cc1. The van der Waals surface area contributed by atoms with Gasteiger partial charge in [0.05, 0.1) is 0 Å². The lowest BCUT2D eigenvalue weighted by Gasteiger charge is -2.15. The third-order valence-corrected chi connectivity index (χ3v) is 4.63. The highest BCUT2D eigenvalue weighted by atomic mass is 16.5. The lowest BCUT2D eigenvalue weighted by molar-refractivity contribution is -0.123. The van der Waals surface area contributed by atoms with Crippen molar-refractivity contribution in [3.63, 3.8) is 0 Å². The number of benzene rings is 1. The van der Waals surface area contributed by atoms with Crippen LogP contribution in [0.1, 0.15) is 39.2 Å². The monoisotopic (exact) mass is 396 g/mol. The minimum absolute atomic E-state index is 0.00922. The van der Waals surface area contributed by atoms with Crippen molar-refractivity contribution in [2.24, 2.45) is 0 Å². The van der Waals surface area contributed by atoms with Crippen LogP contribution in [-0.2, 0) is 4.79 Å². The van der Waals surface area contributed by atoms with Crippen molar-refractivity contribution in [3.05, 3.63) is 71.9 Å². The second kappa shape index (κ2) is 13.6.